The van der Waals surface area contributed by atoms with E-state index >= 15 is 0 Å². The van der Waals surface area contributed by atoms with Crippen LogP contribution in [0.25, 0.3) is 0 Å². The molecular formula is C16H14ClNO. The molecule has 0 unspecified atom stereocenters. The minimum absolute atomic E-state index is 0.385. The number of nitrogens with zero attached hydrogens (tertiary/aromatic N) is 1. The van der Waals surface area contributed by atoms with Crippen LogP contribution in [0.5, 0.6) is 0 Å². The number of fused-ring (bicyclic) bond motifs is 1. The molecule has 2 aromatic rings. The van der Waals surface area contributed by atoms with E-state index in [9.17, 15) is 4.79 Å². The van der Waals surface area contributed by atoms with Gasteiger partial charge in [-0.3, -0.25) is 9.69 Å². The van der Waals surface area contributed by atoms with Gasteiger partial charge in [0, 0.05) is 25.2 Å². The van der Waals surface area contributed by atoms with Crippen LogP contribution in [-0.4, -0.2) is 10.1 Å². The van der Waals surface area contributed by atoms with E-state index in [1.807, 2.05) is 18.2 Å². The number of rotatable bonds is 3. The van der Waals surface area contributed by atoms with Gasteiger partial charge in [0.05, 0.1) is 0 Å². The third-order valence-corrected chi connectivity index (χ3v) is 3.69. The van der Waals surface area contributed by atoms with Gasteiger partial charge in [-0.05, 0) is 40.4 Å². The Morgan fingerprint density at radius 2 is 1.79 bits per heavy atom. The second-order valence-electron chi connectivity index (χ2n) is 4.89. The van der Waals surface area contributed by atoms with Gasteiger partial charge in [0.25, 0.3) is 5.24 Å². The highest BCUT2D eigenvalue weighted by Crippen LogP contribution is 2.25. The monoisotopic (exact) mass is 271 g/mol. The average Bonchev–Trinajstić information content (AvgIpc) is 2.80. The lowest BCUT2D eigenvalue weighted by Gasteiger charge is -2.14. The Hall–Kier alpha value is -1.64. The van der Waals surface area contributed by atoms with Crippen LogP contribution in [0.2, 0.25) is 0 Å². The van der Waals surface area contributed by atoms with E-state index < -0.39 is 0 Å². The molecule has 2 nitrogen and oxygen atoms in total. The van der Waals surface area contributed by atoms with Crippen molar-refractivity contribution in [1.29, 1.82) is 0 Å². The highest BCUT2D eigenvalue weighted by atomic mass is 35.5. The van der Waals surface area contributed by atoms with Gasteiger partial charge in [-0.2, -0.15) is 0 Å². The summed E-state index contributed by atoms with van der Waals surface area (Å²) in [6, 6.07) is 16.1. The molecule has 0 bridgehead atoms. The fourth-order valence-electron chi connectivity index (χ4n) is 2.54. The summed E-state index contributed by atoms with van der Waals surface area (Å²) in [6.45, 7) is 2.74. The van der Waals surface area contributed by atoms with Gasteiger partial charge in [0.15, 0.2) is 0 Å². The minimum atomic E-state index is -0.385. The molecule has 0 atom stereocenters. The molecule has 19 heavy (non-hydrogen) atoms. The van der Waals surface area contributed by atoms with E-state index in [0.717, 1.165) is 19.6 Å². The number of hydrogen-bond acceptors (Lipinski definition) is 2. The van der Waals surface area contributed by atoms with Crippen molar-refractivity contribution in [2.75, 3.05) is 0 Å². The molecule has 1 heterocycles. The zero-order chi connectivity index (χ0) is 13.2. The van der Waals surface area contributed by atoms with Gasteiger partial charge in [0.2, 0.25) is 0 Å². The molecule has 2 aromatic carbocycles. The molecule has 1 aliphatic rings. The zero-order valence-electron chi connectivity index (χ0n) is 10.5. The third kappa shape index (κ3) is 2.70. The molecule has 0 N–H and O–H groups in total. The fraction of sp³-hybridized carbons (Fsp3) is 0.188. The fourth-order valence-corrected chi connectivity index (χ4v) is 2.66. The van der Waals surface area contributed by atoms with Crippen molar-refractivity contribution >= 4 is 16.8 Å². The van der Waals surface area contributed by atoms with Crippen molar-refractivity contribution in [3.63, 3.8) is 0 Å². The molecule has 0 saturated carbocycles. The lowest BCUT2D eigenvalue weighted by molar-refractivity contribution is 0.108. The molecule has 0 aromatic heterocycles. The summed E-state index contributed by atoms with van der Waals surface area (Å²) in [7, 11) is 0. The molecule has 3 rings (SSSR count). The first-order valence-electron chi connectivity index (χ1n) is 6.30. The Kier molecular flexibility index (Phi) is 3.36. The summed E-state index contributed by atoms with van der Waals surface area (Å²) in [4.78, 5) is 13.5. The Morgan fingerprint density at radius 1 is 1.05 bits per heavy atom. The normalized spacial score (nSPS) is 14.4. The number of hydrogen-bond donors (Lipinski definition) is 0. The molecule has 0 amide bonds. The molecule has 0 fully saturated rings. The third-order valence-electron chi connectivity index (χ3n) is 3.47. The van der Waals surface area contributed by atoms with E-state index in [2.05, 4.69) is 29.2 Å². The zero-order valence-corrected chi connectivity index (χ0v) is 11.2. The second kappa shape index (κ2) is 5.16. The SMILES string of the molecule is O=C(Cl)c1ccc2c(c1)CN(Cc1ccccc1)C2. The number of halogens is 1. The van der Waals surface area contributed by atoms with Crippen molar-refractivity contribution in [3.8, 4) is 0 Å². The summed E-state index contributed by atoms with van der Waals surface area (Å²) in [6.07, 6.45) is 0. The maximum atomic E-state index is 11.2. The highest BCUT2D eigenvalue weighted by Gasteiger charge is 2.19. The van der Waals surface area contributed by atoms with Gasteiger partial charge < -0.3 is 0 Å². The Morgan fingerprint density at radius 3 is 2.53 bits per heavy atom. The van der Waals surface area contributed by atoms with Gasteiger partial charge in [-0.25, -0.2) is 0 Å². The number of carbonyl (C=O) groups is 1. The van der Waals surface area contributed by atoms with Gasteiger partial charge in [-0.15, -0.1) is 0 Å². The Balaban J connectivity index is 1.75. The Bertz CT molecular complexity index is 609. The van der Waals surface area contributed by atoms with E-state index in [0.29, 0.717) is 5.56 Å². The quantitative estimate of drug-likeness (QED) is 0.796. The van der Waals surface area contributed by atoms with Crippen molar-refractivity contribution < 1.29 is 4.79 Å². The van der Waals surface area contributed by atoms with Crippen LogP contribution in [0.3, 0.4) is 0 Å². The lowest BCUT2D eigenvalue weighted by Crippen LogP contribution is -2.15. The van der Waals surface area contributed by atoms with Gasteiger partial charge in [-0.1, -0.05) is 36.4 Å². The van der Waals surface area contributed by atoms with Crippen molar-refractivity contribution in [2.45, 2.75) is 19.6 Å². The molecule has 0 saturated heterocycles. The first kappa shape index (κ1) is 12.4. The topological polar surface area (TPSA) is 20.3 Å². The summed E-state index contributed by atoms with van der Waals surface area (Å²) in [5.74, 6) is 0. The molecule has 0 spiro atoms. The molecule has 96 valence electrons. The highest BCUT2D eigenvalue weighted by molar-refractivity contribution is 6.67. The van der Waals surface area contributed by atoms with E-state index in [-0.39, 0.29) is 5.24 Å². The van der Waals surface area contributed by atoms with E-state index in [4.69, 9.17) is 11.6 Å². The summed E-state index contributed by atoms with van der Waals surface area (Å²) in [5.41, 5.74) is 4.39. The summed E-state index contributed by atoms with van der Waals surface area (Å²) in [5, 5.41) is -0.385. The van der Waals surface area contributed by atoms with Gasteiger partial charge in [0.1, 0.15) is 0 Å². The number of carbonyl (C=O) groups excluding carboxylic acids is 1. The molecule has 3 heteroatoms. The minimum Gasteiger partial charge on any atom is -0.291 e. The molecule has 0 aliphatic carbocycles. The van der Waals surface area contributed by atoms with E-state index in [1.54, 1.807) is 6.07 Å². The second-order valence-corrected chi connectivity index (χ2v) is 5.23. The van der Waals surface area contributed by atoms with Crippen LogP contribution in [0.15, 0.2) is 48.5 Å². The van der Waals surface area contributed by atoms with Crippen molar-refractivity contribution in [3.05, 3.63) is 70.8 Å². The van der Waals surface area contributed by atoms with Gasteiger partial charge >= 0.3 is 0 Å². The standard InChI is InChI=1S/C16H14ClNO/c17-16(19)13-6-7-14-10-18(11-15(14)8-13)9-12-4-2-1-3-5-12/h1-8H,9-11H2. The maximum Gasteiger partial charge on any atom is 0.252 e. The van der Waals surface area contributed by atoms with Crippen LogP contribution in [0.4, 0.5) is 0 Å². The smallest absolute Gasteiger partial charge is 0.252 e. The maximum absolute atomic E-state index is 11.2. The predicted molar refractivity (Wildman–Crippen MR) is 76.0 cm³/mol. The van der Waals surface area contributed by atoms with Crippen LogP contribution in [0, 0.1) is 0 Å². The molecule has 0 radical (unpaired) electrons. The Labute approximate surface area is 117 Å². The van der Waals surface area contributed by atoms with E-state index in [1.165, 1.54) is 16.7 Å². The van der Waals surface area contributed by atoms with Crippen LogP contribution in [-0.2, 0) is 19.6 Å². The van der Waals surface area contributed by atoms with Crippen molar-refractivity contribution in [1.82, 2.24) is 4.90 Å². The van der Waals surface area contributed by atoms with Crippen molar-refractivity contribution in [2.24, 2.45) is 0 Å². The average molecular weight is 272 g/mol. The largest absolute Gasteiger partial charge is 0.291 e. The van der Waals surface area contributed by atoms with Crippen LogP contribution >= 0.6 is 11.6 Å². The summed E-state index contributed by atoms with van der Waals surface area (Å²) < 4.78 is 0. The first-order valence-corrected chi connectivity index (χ1v) is 6.68. The van der Waals surface area contributed by atoms with Crippen LogP contribution < -0.4 is 0 Å². The predicted octanol–water partition coefficient (Wildman–Crippen LogP) is 3.58. The summed E-state index contributed by atoms with van der Waals surface area (Å²) >= 11 is 5.52. The van der Waals surface area contributed by atoms with Crippen LogP contribution in [0.1, 0.15) is 27.0 Å². The number of benzene rings is 2. The molecule has 1 aliphatic heterocycles. The molecular weight excluding hydrogens is 258 g/mol. The lowest BCUT2D eigenvalue weighted by atomic mass is 10.1. The first-order chi connectivity index (χ1) is 9.22.